The summed E-state index contributed by atoms with van der Waals surface area (Å²) >= 11 is 0. The molecule has 0 aliphatic carbocycles. The van der Waals surface area contributed by atoms with E-state index in [-0.39, 0.29) is 11.6 Å². The Morgan fingerprint density at radius 2 is 1.96 bits per heavy atom. The molecule has 1 aliphatic heterocycles. The summed E-state index contributed by atoms with van der Waals surface area (Å²) in [6.07, 6.45) is 4.32. The third-order valence-corrected chi connectivity index (χ3v) is 5.42. The van der Waals surface area contributed by atoms with Gasteiger partial charge in [-0.2, -0.15) is 5.10 Å². The molecule has 144 valence electrons. The summed E-state index contributed by atoms with van der Waals surface area (Å²) in [4.78, 5) is 25.6. The Kier molecular flexibility index (Phi) is 5.58. The summed E-state index contributed by atoms with van der Waals surface area (Å²) < 4.78 is 1.64. The van der Waals surface area contributed by atoms with E-state index in [0.717, 1.165) is 31.4 Å². The number of carbonyl (C=O) groups excluding carboxylic acids is 1. The van der Waals surface area contributed by atoms with Crippen molar-refractivity contribution in [2.45, 2.75) is 59.0 Å². The Balaban J connectivity index is 1.75. The molecule has 1 aromatic carbocycles. The molecule has 0 spiro atoms. The van der Waals surface area contributed by atoms with Crippen LogP contribution in [-0.2, 0) is 6.54 Å². The van der Waals surface area contributed by atoms with Gasteiger partial charge in [0.1, 0.15) is 11.4 Å². The lowest BCUT2D eigenvalue weighted by Gasteiger charge is -2.35. The molecule has 2 heterocycles. The minimum atomic E-state index is -0.390. The minimum absolute atomic E-state index is 0.0671. The molecule has 0 N–H and O–H groups in total. The van der Waals surface area contributed by atoms with E-state index in [2.05, 4.69) is 12.0 Å². The van der Waals surface area contributed by atoms with Crippen LogP contribution in [0, 0.1) is 24.0 Å². The maximum Gasteiger partial charge on any atom is 0.312 e. The van der Waals surface area contributed by atoms with Gasteiger partial charge in [0, 0.05) is 18.2 Å². The number of nitro groups is 1. The van der Waals surface area contributed by atoms with E-state index in [1.807, 2.05) is 29.2 Å². The van der Waals surface area contributed by atoms with Gasteiger partial charge in [-0.05, 0) is 57.2 Å². The predicted molar refractivity (Wildman–Crippen MR) is 103 cm³/mol. The van der Waals surface area contributed by atoms with Crippen LogP contribution < -0.4 is 0 Å². The molecule has 7 nitrogen and oxygen atoms in total. The van der Waals surface area contributed by atoms with Crippen LogP contribution >= 0.6 is 0 Å². The van der Waals surface area contributed by atoms with Crippen LogP contribution in [0.25, 0.3) is 0 Å². The summed E-state index contributed by atoms with van der Waals surface area (Å²) in [7, 11) is 0. The van der Waals surface area contributed by atoms with Crippen LogP contribution in [-0.4, -0.2) is 38.1 Å². The highest BCUT2D eigenvalue weighted by molar-refractivity contribution is 5.94. The number of likely N-dealkylation sites (tertiary alicyclic amines) is 1. The first-order valence-corrected chi connectivity index (χ1v) is 9.50. The van der Waals surface area contributed by atoms with E-state index in [0.29, 0.717) is 29.5 Å². The molecule has 1 atom stereocenters. The molecule has 27 heavy (non-hydrogen) atoms. The highest BCUT2D eigenvalue weighted by Crippen LogP contribution is 2.24. The number of hydrogen-bond donors (Lipinski definition) is 0. The van der Waals surface area contributed by atoms with Crippen molar-refractivity contribution in [1.29, 1.82) is 0 Å². The van der Waals surface area contributed by atoms with Crippen LogP contribution in [0.2, 0.25) is 0 Å². The van der Waals surface area contributed by atoms with Crippen LogP contribution in [0.1, 0.15) is 59.9 Å². The first-order valence-electron chi connectivity index (χ1n) is 9.50. The number of rotatable bonds is 5. The van der Waals surface area contributed by atoms with Crippen LogP contribution in [0.5, 0.6) is 0 Å². The van der Waals surface area contributed by atoms with Gasteiger partial charge in [-0.25, -0.2) is 0 Å². The van der Waals surface area contributed by atoms with Gasteiger partial charge in [0.15, 0.2) is 0 Å². The molecule has 7 heteroatoms. The highest BCUT2D eigenvalue weighted by atomic mass is 16.6. The third kappa shape index (κ3) is 3.86. The van der Waals surface area contributed by atoms with Crippen LogP contribution in [0.3, 0.4) is 0 Å². The second-order valence-corrected chi connectivity index (χ2v) is 7.19. The summed E-state index contributed by atoms with van der Waals surface area (Å²) in [5.74, 6) is 0.0925. The lowest BCUT2D eigenvalue weighted by Crippen LogP contribution is -2.43. The minimum Gasteiger partial charge on any atom is -0.336 e. The number of benzene rings is 1. The summed E-state index contributed by atoms with van der Waals surface area (Å²) in [6.45, 7) is 6.75. The fraction of sp³-hybridized carbons (Fsp3) is 0.500. The van der Waals surface area contributed by atoms with Crippen LogP contribution in [0.15, 0.2) is 24.3 Å². The number of nitrogens with zero attached hydrogens (tertiary/aromatic N) is 4. The molecule has 1 saturated heterocycles. The largest absolute Gasteiger partial charge is 0.336 e. The zero-order chi connectivity index (χ0) is 19.6. The van der Waals surface area contributed by atoms with Crippen molar-refractivity contribution in [3.8, 4) is 0 Å². The number of aryl methyl sites for hydroxylation is 1. The normalized spacial score (nSPS) is 17.1. The molecule has 2 aromatic rings. The molecule has 0 radical (unpaired) electrons. The van der Waals surface area contributed by atoms with Gasteiger partial charge in [0.25, 0.3) is 5.91 Å². The Morgan fingerprint density at radius 1 is 1.26 bits per heavy atom. The van der Waals surface area contributed by atoms with Gasteiger partial charge in [0.05, 0.1) is 11.5 Å². The smallest absolute Gasteiger partial charge is 0.312 e. The van der Waals surface area contributed by atoms with Crippen molar-refractivity contribution in [3.63, 3.8) is 0 Å². The fourth-order valence-electron chi connectivity index (χ4n) is 3.89. The maximum atomic E-state index is 12.8. The van der Waals surface area contributed by atoms with E-state index in [1.165, 1.54) is 6.42 Å². The monoisotopic (exact) mass is 370 g/mol. The van der Waals surface area contributed by atoms with Crippen molar-refractivity contribution in [1.82, 2.24) is 14.7 Å². The van der Waals surface area contributed by atoms with Crippen molar-refractivity contribution >= 4 is 11.6 Å². The zero-order valence-electron chi connectivity index (χ0n) is 16.1. The Bertz CT molecular complexity index is 842. The predicted octanol–water partition coefficient (Wildman–Crippen LogP) is 3.86. The molecule has 3 rings (SSSR count). The second-order valence-electron chi connectivity index (χ2n) is 7.19. The lowest BCUT2D eigenvalue weighted by atomic mass is 9.98. The van der Waals surface area contributed by atoms with E-state index < -0.39 is 4.92 Å². The topological polar surface area (TPSA) is 81.3 Å². The fourth-order valence-corrected chi connectivity index (χ4v) is 3.89. The molecule has 1 unspecified atom stereocenters. The lowest BCUT2D eigenvalue weighted by molar-refractivity contribution is -0.386. The van der Waals surface area contributed by atoms with E-state index in [9.17, 15) is 14.9 Å². The molecule has 1 fully saturated rings. The van der Waals surface area contributed by atoms with Crippen LogP contribution in [0.4, 0.5) is 5.69 Å². The maximum absolute atomic E-state index is 12.8. The molecule has 1 aliphatic rings. The number of amides is 1. The van der Waals surface area contributed by atoms with Gasteiger partial charge < -0.3 is 4.90 Å². The summed E-state index contributed by atoms with van der Waals surface area (Å²) in [5.41, 5.74) is 2.67. The number of hydrogen-bond acceptors (Lipinski definition) is 4. The molecular formula is C20H26N4O3. The van der Waals surface area contributed by atoms with Gasteiger partial charge in [-0.1, -0.05) is 19.1 Å². The van der Waals surface area contributed by atoms with Crippen molar-refractivity contribution < 1.29 is 9.72 Å². The first kappa shape index (κ1) is 19.1. The molecule has 1 aromatic heterocycles. The van der Waals surface area contributed by atoms with Gasteiger partial charge in [0.2, 0.25) is 0 Å². The average molecular weight is 370 g/mol. The SMILES string of the molecule is CCC1CCCCN1C(=O)c1ccc(Cn2nc(C)c([N+](=O)[O-])c2C)cc1. The molecular weight excluding hydrogens is 344 g/mol. The number of carbonyl (C=O) groups is 1. The molecule has 0 bridgehead atoms. The Labute approximate surface area is 159 Å². The van der Waals surface area contributed by atoms with E-state index in [4.69, 9.17) is 0 Å². The standard InChI is InChI=1S/C20H26N4O3/c1-4-18-7-5-6-12-22(18)20(25)17-10-8-16(9-11-17)13-23-15(3)19(24(26)27)14(2)21-23/h8-11,18H,4-7,12-13H2,1-3H3. The second kappa shape index (κ2) is 7.90. The van der Waals surface area contributed by atoms with Gasteiger partial charge in [-0.15, -0.1) is 0 Å². The highest BCUT2D eigenvalue weighted by Gasteiger charge is 2.26. The Hall–Kier alpha value is -2.70. The third-order valence-electron chi connectivity index (χ3n) is 5.42. The number of piperidine rings is 1. The van der Waals surface area contributed by atoms with Crippen molar-refractivity contribution in [2.24, 2.45) is 0 Å². The van der Waals surface area contributed by atoms with Crippen molar-refractivity contribution in [2.75, 3.05) is 6.54 Å². The van der Waals surface area contributed by atoms with Crippen molar-refractivity contribution in [3.05, 3.63) is 56.9 Å². The quantitative estimate of drug-likeness (QED) is 0.591. The molecule has 1 amide bonds. The number of aromatic nitrogens is 2. The van der Waals surface area contributed by atoms with E-state index >= 15 is 0 Å². The van der Waals surface area contributed by atoms with E-state index in [1.54, 1.807) is 18.5 Å². The van der Waals surface area contributed by atoms with Gasteiger partial charge in [-0.3, -0.25) is 19.6 Å². The first-order chi connectivity index (χ1) is 12.9. The molecule has 0 saturated carbocycles. The van der Waals surface area contributed by atoms with Gasteiger partial charge >= 0.3 is 5.69 Å². The average Bonchev–Trinajstić information content (AvgIpc) is 2.95. The summed E-state index contributed by atoms with van der Waals surface area (Å²) in [6, 6.07) is 7.83. The Morgan fingerprint density at radius 3 is 2.56 bits per heavy atom. The zero-order valence-corrected chi connectivity index (χ0v) is 16.1. The summed E-state index contributed by atoms with van der Waals surface area (Å²) in [5, 5.41) is 15.4.